The fourth-order valence-corrected chi connectivity index (χ4v) is 0.154. The van der Waals surface area contributed by atoms with Gasteiger partial charge in [-0.05, 0) is 0 Å². The van der Waals surface area contributed by atoms with E-state index in [1.165, 1.54) is 0 Å². The maximum Gasteiger partial charge on any atom is 0.357 e. The Morgan fingerprint density at radius 2 is 2.14 bits per heavy atom. The molecule has 0 radical (unpaired) electrons. The molecule has 0 rings (SSSR count). The minimum absolute atomic E-state index is 0.844. The summed E-state index contributed by atoms with van der Waals surface area (Å²) in [6.45, 7) is 0. The first-order valence-corrected chi connectivity index (χ1v) is 2.24. The molecule has 0 aromatic carbocycles. The normalized spacial score (nSPS) is 9.14. The lowest BCUT2D eigenvalue weighted by molar-refractivity contribution is -0.142. The van der Waals surface area contributed by atoms with Crippen molar-refractivity contribution in [1.82, 2.24) is 0 Å². The highest BCUT2D eigenvalue weighted by Crippen LogP contribution is 2.00. The Balaban J connectivity index is 3.35. The van der Waals surface area contributed by atoms with Crippen molar-refractivity contribution in [2.75, 3.05) is 0 Å². The van der Waals surface area contributed by atoms with Gasteiger partial charge in [0.05, 0.1) is 0 Å². The van der Waals surface area contributed by atoms with Crippen LogP contribution in [0.4, 0.5) is 0 Å². The van der Waals surface area contributed by atoms with Crippen LogP contribution in [0, 0.1) is 0 Å². The molecule has 0 aliphatic rings. The third kappa shape index (κ3) is 2.68. The first kappa shape index (κ1) is 7.01. The molecule has 0 aliphatic carbocycles. The van der Waals surface area contributed by atoms with Gasteiger partial charge in [0.1, 0.15) is 0 Å². The summed E-state index contributed by atoms with van der Waals surface area (Å²) >= 11 is 9.88. The number of rotatable bonds is 1. The van der Waals surface area contributed by atoms with Crippen molar-refractivity contribution < 1.29 is 9.63 Å². The van der Waals surface area contributed by atoms with Crippen LogP contribution in [0.3, 0.4) is 0 Å². The Kier molecular flexibility index (Phi) is 3.07. The molecule has 0 unspecified atom stereocenters. The Hall–Kier alpha value is 0.01000. The van der Waals surface area contributed by atoms with Gasteiger partial charge < -0.3 is 4.84 Å². The number of hydrogen-bond donors (Lipinski definition) is 1. The molecule has 0 saturated carbocycles. The van der Waals surface area contributed by atoms with Gasteiger partial charge in [0.2, 0.25) is 4.84 Å². The van der Waals surface area contributed by atoms with Crippen molar-refractivity contribution in [2.24, 2.45) is 5.90 Å². The Morgan fingerprint density at radius 3 is 2.14 bits per heavy atom. The van der Waals surface area contributed by atoms with Gasteiger partial charge in [-0.15, -0.1) is 0 Å². The Morgan fingerprint density at radius 1 is 1.71 bits per heavy atom. The summed E-state index contributed by atoms with van der Waals surface area (Å²) in [5.41, 5.74) is 0. The fourth-order valence-electron chi connectivity index (χ4n) is 0.0514. The van der Waals surface area contributed by atoms with E-state index in [-0.39, 0.29) is 0 Å². The number of carbonyl (C=O) groups is 1. The number of hydrogen-bond acceptors (Lipinski definition) is 3. The van der Waals surface area contributed by atoms with Crippen molar-refractivity contribution in [3.63, 3.8) is 0 Å². The van der Waals surface area contributed by atoms with Crippen LogP contribution in [0.25, 0.3) is 0 Å². The third-order valence-corrected chi connectivity index (χ3v) is 0.651. The molecule has 0 aromatic heterocycles. The van der Waals surface area contributed by atoms with Gasteiger partial charge in [0.15, 0.2) is 0 Å². The van der Waals surface area contributed by atoms with Crippen LogP contribution < -0.4 is 5.90 Å². The van der Waals surface area contributed by atoms with Crippen LogP contribution in [-0.2, 0) is 9.63 Å². The largest absolute Gasteiger partial charge is 0.371 e. The second kappa shape index (κ2) is 3.07. The zero-order valence-electron chi connectivity index (χ0n) is 3.23. The summed E-state index contributed by atoms with van der Waals surface area (Å²) < 4.78 is 0. The van der Waals surface area contributed by atoms with E-state index < -0.39 is 10.8 Å². The predicted molar refractivity (Wildman–Crippen MR) is 25.8 cm³/mol. The molecule has 2 N–H and O–H groups in total. The van der Waals surface area contributed by atoms with Crippen molar-refractivity contribution in [1.29, 1.82) is 0 Å². The lowest BCUT2D eigenvalue weighted by Gasteiger charge is -1.92. The summed E-state index contributed by atoms with van der Waals surface area (Å²) in [4.78, 5) is 12.3. The monoisotopic (exact) mass is 143 g/mol. The zero-order chi connectivity index (χ0) is 5.86. The van der Waals surface area contributed by atoms with Crippen LogP contribution in [0.15, 0.2) is 0 Å². The highest BCUT2D eigenvalue weighted by atomic mass is 35.5. The minimum atomic E-state index is -1.18. The predicted octanol–water partition coefficient (Wildman–Crippen LogP) is 0.207. The van der Waals surface area contributed by atoms with Gasteiger partial charge >= 0.3 is 5.97 Å². The molecule has 0 atom stereocenters. The molecule has 0 aromatic rings. The fraction of sp³-hybridized carbons (Fsp3) is 0.500. The number of halogens is 2. The molecule has 0 spiro atoms. The van der Waals surface area contributed by atoms with Crippen molar-refractivity contribution in [2.45, 2.75) is 4.84 Å². The molecular weight excluding hydrogens is 141 g/mol. The highest BCUT2D eigenvalue weighted by molar-refractivity contribution is 6.52. The van der Waals surface area contributed by atoms with E-state index in [4.69, 9.17) is 23.2 Å². The van der Waals surface area contributed by atoms with Crippen molar-refractivity contribution >= 4 is 29.2 Å². The zero-order valence-corrected chi connectivity index (χ0v) is 4.74. The van der Waals surface area contributed by atoms with Crippen LogP contribution >= 0.6 is 23.2 Å². The summed E-state index contributed by atoms with van der Waals surface area (Å²) in [7, 11) is 0. The number of carbonyl (C=O) groups excluding carboxylic acids is 1. The molecule has 7 heavy (non-hydrogen) atoms. The van der Waals surface area contributed by atoms with Gasteiger partial charge in [-0.25, -0.2) is 4.79 Å². The van der Waals surface area contributed by atoms with Gasteiger partial charge in [-0.3, -0.25) is 0 Å². The van der Waals surface area contributed by atoms with E-state index >= 15 is 0 Å². The van der Waals surface area contributed by atoms with E-state index in [0.717, 1.165) is 0 Å². The highest BCUT2D eigenvalue weighted by Gasteiger charge is 2.10. The number of alkyl halides is 2. The maximum atomic E-state index is 9.90. The second-order valence-corrected chi connectivity index (χ2v) is 1.83. The summed E-state index contributed by atoms with van der Waals surface area (Å²) in [5.74, 6) is 3.51. The van der Waals surface area contributed by atoms with Crippen LogP contribution in [0.2, 0.25) is 0 Å². The van der Waals surface area contributed by atoms with Crippen molar-refractivity contribution in [3.05, 3.63) is 0 Å². The van der Waals surface area contributed by atoms with E-state index in [1.54, 1.807) is 0 Å². The molecule has 42 valence electrons. The van der Waals surface area contributed by atoms with Gasteiger partial charge in [-0.2, -0.15) is 5.90 Å². The molecule has 0 saturated heterocycles. The van der Waals surface area contributed by atoms with E-state index in [1.807, 2.05) is 0 Å². The minimum Gasteiger partial charge on any atom is -0.371 e. The smallest absolute Gasteiger partial charge is 0.357 e. The Labute approximate surface area is 50.3 Å². The van der Waals surface area contributed by atoms with Crippen LogP contribution in [0.1, 0.15) is 0 Å². The summed E-state index contributed by atoms with van der Waals surface area (Å²) in [6.07, 6.45) is 0. The van der Waals surface area contributed by atoms with Crippen LogP contribution in [0.5, 0.6) is 0 Å². The van der Waals surface area contributed by atoms with E-state index in [2.05, 4.69) is 10.7 Å². The molecule has 0 heterocycles. The molecular formula is C2H3Cl2NO2. The summed E-state index contributed by atoms with van der Waals surface area (Å²) in [5, 5.41) is 0. The van der Waals surface area contributed by atoms with E-state index in [0.29, 0.717) is 0 Å². The molecule has 0 bridgehead atoms. The molecule has 0 amide bonds. The molecule has 3 nitrogen and oxygen atoms in total. The van der Waals surface area contributed by atoms with Gasteiger partial charge in [0.25, 0.3) is 0 Å². The maximum absolute atomic E-state index is 9.90. The average molecular weight is 144 g/mol. The van der Waals surface area contributed by atoms with Gasteiger partial charge in [0, 0.05) is 0 Å². The topological polar surface area (TPSA) is 52.3 Å². The second-order valence-electron chi connectivity index (χ2n) is 0.738. The van der Waals surface area contributed by atoms with Gasteiger partial charge in [-0.1, -0.05) is 23.2 Å². The SMILES string of the molecule is NOC(=O)C(Cl)Cl. The van der Waals surface area contributed by atoms with Crippen molar-refractivity contribution in [3.8, 4) is 0 Å². The lowest BCUT2D eigenvalue weighted by atomic mass is 10.8. The molecule has 5 heteroatoms. The quantitative estimate of drug-likeness (QED) is 0.422. The van der Waals surface area contributed by atoms with E-state index in [9.17, 15) is 4.79 Å². The third-order valence-electron chi connectivity index (χ3n) is 0.294. The Bertz CT molecular complexity index is 74.1. The number of nitrogens with two attached hydrogens (primary N) is 1. The summed E-state index contributed by atoms with van der Waals surface area (Å²) in [6, 6.07) is 0. The lowest BCUT2D eigenvalue weighted by Crippen LogP contribution is -2.16. The first-order chi connectivity index (χ1) is 3.18. The molecule has 0 fully saturated rings. The van der Waals surface area contributed by atoms with Crippen LogP contribution in [-0.4, -0.2) is 10.8 Å². The standard InChI is InChI=1S/C2H3Cl2NO2/c3-1(4)2(6)7-5/h1H,5H2. The first-order valence-electron chi connectivity index (χ1n) is 1.37. The average Bonchev–Trinajstić information content (AvgIpc) is 1.65. The molecule has 0 aliphatic heterocycles.